The zero-order valence-corrected chi connectivity index (χ0v) is 18.1. The van der Waals surface area contributed by atoms with Crippen molar-refractivity contribution < 1.29 is 29.1 Å². The number of thiol groups is 1. The number of carbonyl (C=O) groups excluding carboxylic acids is 4. The topological polar surface area (TPSA) is 194 Å². The van der Waals surface area contributed by atoms with Crippen LogP contribution >= 0.6 is 24.4 Å². The van der Waals surface area contributed by atoms with Gasteiger partial charge >= 0.3 is 5.97 Å². The number of primary amides is 1. The quantitative estimate of drug-likeness (QED) is 0.145. The molecule has 4 amide bonds. The van der Waals surface area contributed by atoms with Crippen molar-refractivity contribution in [1.29, 1.82) is 0 Å². The van der Waals surface area contributed by atoms with Gasteiger partial charge in [-0.2, -0.15) is 24.4 Å². The van der Waals surface area contributed by atoms with E-state index in [2.05, 4.69) is 28.6 Å². The van der Waals surface area contributed by atoms with Crippen LogP contribution in [0.25, 0.3) is 0 Å². The van der Waals surface area contributed by atoms with Crippen molar-refractivity contribution in [3.63, 3.8) is 0 Å². The zero-order valence-electron chi connectivity index (χ0n) is 16.3. The van der Waals surface area contributed by atoms with E-state index in [0.29, 0.717) is 5.75 Å². The molecule has 0 aliphatic rings. The fourth-order valence-electron chi connectivity index (χ4n) is 2.07. The summed E-state index contributed by atoms with van der Waals surface area (Å²) in [5.74, 6) is -3.34. The number of hydrogen-bond donors (Lipinski definition) is 7. The largest absolute Gasteiger partial charge is 0.480 e. The van der Waals surface area contributed by atoms with Gasteiger partial charge in [0.1, 0.15) is 18.1 Å². The fraction of sp³-hybridized carbons (Fsp3) is 0.688. The number of thioether (sulfide) groups is 1. The van der Waals surface area contributed by atoms with Crippen LogP contribution in [-0.2, 0) is 24.0 Å². The predicted octanol–water partition coefficient (Wildman–Crippen LogP) is -2.18. The lowest BCUT2D eigenvalue weighted by Crippen LogP contribution is -2.57. The average Bonchev–Trinajstić information content (AvgIpc) is 2.66. The minimum Gasteiger partial charge on any atom is -0.480 e. The van der Waals surface area contributed by atoms with Crippen LogP contribution < -0.4 is 27.4 Å². The molecule has 0 aliphatic carbocycles. The Morgan fingerprint density at radius 3 is 2.07 bits per heavy atom. The summed E-state index contributed by atoms with van der Waals surface area (Å²) in [5, 5.41) is 16.3. The Bertz CT molecular complexity index is 606. The van der Waals surface area contributed by atoms with Crippen LogP contribution in [0.3, 0.4) is 0 Å². The second kappa shape index (κ2) is 14.1. The minimum atomic E-state index is -1.18. The molecule has 0 aromatic rings. The number of carboxylic acid groups (broad SMARTS) is 1. The summed E-state index contributed by atoms with van der Waals surface area (Å²) in [6, 6.07) is -4.22. The third-order valence-electron chi connectivity index (χ3n) is 3.83. The Labute approximate surface area is 178 Å². The zero-order chi connectivity index (χ0) is 22.6. The molecule has 13 heteroatoms. The summed E-state index contributed by atoms with van der Waals surface area (Å²) in [6.45, 7) is 1.39. The lowest BCUT2D eigenvalue weighted by atomic mass is 10.1. The number of nitrogens with two attached hydrogens (primary N) is 2. The van der Waals surface area contributed by atoms with Crippen LogP contribution in [0.5, 0.6) is 0 Å². The maximum Gasteiger partial charge on any atom is 0.326 e. The molecule has 0 fully saturated rings. The van der Waals surface area contributed by atoms with Gasteiger partial charge in [-0.15, -0.1) is 0 Å². The van der Waals surface area contributed by atoms with E-state index in [1.807, 2.05) is 6.26 Å². The maximum absolute atomic E-state index is 12.3. The van der Waals surface area contributed by atoms with E-state index in [9.17, 15) is 29.1 Å². The van der Waals surface area contributed by atoms with Gasteiger partial charge in [0.25, 0.3) is 0 Å². The molecule has 29 heavy (non-hydrogen) atoms. The van der Waals surface area contributed by atoms with Gasteiger partial charge < -0.3 is 32.5 Å². The van der Waals surface area contributed by atoms with E-state index in [1.54, 1.807) is 0 Å². The summed E-state index contributed by atoms with van der Waals surface area (Å²) in [7, 11) is 0. The van der Waals surface area contributed by atoms with Crippen LogP contribution in [-0.4, -0.2) is 76.6 Å². The molecule has 0 spiro atoms. The average molecular weight is 452 g/mol. The van der Waals surface area contributed by atoms with Gasteiger partial charge in [0.05, 0.1) is 6.04 Å². The summed E-state index contributed by atoms with van der Waals surface area (Å²) in [4.78, 5) is 58.5. The van der Waals surface area contributed by atoms with Crippen molar-refractivity contribution in [3.05, 3.63) is 0 Å². The lowest BCUT2D eigenvalue weighted by Gasteiger charge is -2.22. The number of carboxylic acids is 1. The fourth-order valence-corrected chi connectivity index (χ4v) is 2.80. The molecule has 0 saturated carbocycles. The van der Waals surface area contributed by atoms with Crippen molar-refractivity contribution in [1.82, 2.24) is 16.0 Å². The number of rotatable bonds is 14. The van der Waals surface area contributed by atoms with Crippen LogP contribution in [0.15, 0.2) is 0 Å². The summed E-state index contributed by atoms with van der Waals surface area (Å²) < 4.78 is 0. The second-order valence-corrected chi connectivity index (χ2v) is 7.62. The standard InChI is InChI=1S/C16H29N5O6S2/c1-8(19-14(24)9(17)3-4-12(18)22)13(23)21-11(7-28)15(25)20-10(16(26)27)5-6-29-2/h8-11,28H,3-7,17H2,1-2H3,(H2,18,22)(H,19,24)(H,20,25)(H,21,23)(H,26,27). The van der Waals surface area contributed by atoms with Crippen LogP contribution in [0.4, 0.5) is 0 Å². The minimum absolute atomic E-state index is 0.0315. The summed E-state index contributed by atoms with van der Waals surface area (Å²) in [6.07, 6.45) is 2.00. The Balaban J connectivity index is 4.75. The molecule has 8 N–H and O–H groups in total. The van der Waals surface area contributed by atoms with E-state index in [0.717, 1.165) is 0 Å². The first-order chi connectivity index (χ1) is 13.5. The third kappa shape index (κ3) is 10.9. The lowest BCUT2D eigenvalue weighted by molar-refractivity contribution is -0.142. The number of amides is 4. The molecular formula is C16H29N5O6S2. The highest BCUT2D eigenvalue weighted by Gasteiger charge is 2.27. The van der Waals surface area contributed by atoms with Crippen LogP contribution in [0.2, 0.25) is 0 Å². The van der Waals surface area contributed by atoms with Gasteiger partial charge in [-0.1, -0.05) is 0 Å². The van der Waals surface area contributed by atoms with Gasteiger partial charge in [-0.25, -0.2) is 4.79 Å². The second-order valence-electron chi connectivity index (χ2n) is 6.27. The maximum atomic E-state index is 12.3. The Morgan fingerprint density at radius 1 is 1.00 bits per heavy atom. The highest BCUT2D eigenvalue weighted by molar-refractivity contribution is 7.98. The van der Waals surface area contributed by atoms with Crippen molar-refractivity contribution in [3.8, 4) is 0 Å². The molecule has 11 nitrogen and oxygen atoms in total. The van der Waals surface area contributed by atoms with Crippen molar-refractivity contribution in [2.24, 2.45) is 11.5 Å². The van der Waals surface area contributed by atoms with Crippen molar-refractivity contribution >= 4 is 54.0 Å². The third-order valence-corrected chi connectivity index (χ3v) is 4.84. The van der Waals surface area contributed by atoms with Crippen molar-refractivity contribution in [2.45, 2.75) is 50.4 Å². The molecule has 166 valence electrons. The first-order valence-electron chi connectivity index (χ1n) is 8.81. The number of nitrogens with one attached hydrogen (secondary N) is 3. The molecule has 4 unspecified atom stereocenters. The van der Waals surface area contributed by atoms with Crippen LogP contribution in [0.1, 0.15) is 26.2 Å². The molecule has 0 rings (SSSR count). The molecule has 0 aliphatic heterocycles. The molecule has 0 bridgehead atoms. The highest BCUT2D eigenvalue weighted by Crippen LogP contribution is 2.02. The highest BCUT2D eigenvalue weighted by atomic mass is 32.2. The van der Waals surface area contributed by atoms with Crippen molar-refractivity contribution in [2.75, 3.05) is 17.8 Å². The number of aliphatic carboxylic acids is 1. The Kier molecular flexibility index (Phi) is 13.1. The Morgan fingerprint density at radius 2 is 1.59 bits per heavy atom. The van der Waals surface area contributed by atoms with Crippen LogP contribution in [0, 0.1) is 0 Å². The predicted molar refractivity (Wildman–Crippen MR) is 112 cm³/mol. The number of carbonyl (C=O) groups is 5. The first-order valence-corrected chi connectivity index (χ1v) is 10.8. The summed E-state index contributed by atoms with van der Waals surface area (Å²) >= 11 is 5.45. The smallest absolute Gasteiger partial charge is 0.326 e. The first kappa shape index (κ1) is 27.0. The van der Waals surface area contributed by atoms with E-state index in [-0.39, 0.29) is 25.0 Å². The SMILES string of the molecule is CSCCC(NC(=O)C(CS)NC(=O)C(C)NC(=O)C(N)CCC(N)=O)C(=O)O. The van der Waals surface area contributed by atoms with Gasteiger partial charge in [0, 0.05) is 12.2 Å². The van der Waals surface area contributed by atoms with Gasteiger partial charge in [0.15, 0.2) is 0 Å². The molecule has 0 aromatic heterocycles. The molecular weight excluding hydrogens is 422 g/mol. The van der Waals surface area contributed by atoms with E-state index in [4.69, 9.17) is 11.5 Å². The van der Waals surface area contributed by atoms with E-state index < -0.39 is 53.8 Å². The molecule has 0 radical (unpaired) electrons. The van der Waals surface area contributed by atoms with E-state index in [1.165, 1.54) is 18.7 Å². The molecule has 0 heterocycles. The molecule has 4 atom stereocenters. The van der Waals surface area contributed by atoms with Gasteiger partial charge in [-0.05, 0) is 31.8 Å². The summed E-state index contributed by atoms with van der Waals surface area (Å²) in [5.41, 5.74) is 10.6. The van der Waals surface area contributed by atoms with Gasteiger partial charge in [0.2, 0.25) is 23.6 Å². The number of hydrogen-bond acceptors (Lipinski definition) is 8. The molecule has 0 aromatic carbocycles. The van der Waals surface area contributed by atoms with E-state index >= 15 is 0 Å². The molecule has 0 saturated heterocycles. The normalized spacial score (nSPS) is 14.8. The van der Waals surface area contributed by atoms with Gasteiger partial charge in [-0.3, -0.25) is 19.2 Å². The Hall–Kier alpha value is -1.99. The monoisotopic (exact) mass is 451 g/mol.